The summed E-state index contributed by atoms with van der Waals surface area (Å²) in [5.41, 5.74) is 3.11. The lowest BCUT2D eigenvalue weighted by Gasteiger charge is -2.45. The van der Waals surface area contributed by atoms with Gasteiger partial charge in [-0.15, -0.1) is 21.4 Å². The number of hydrogen-bond acceptors (Lipinski definition) is 6. The number of nitroso groups, excluding NO2 is 2. The molecule has 2 amide bonds. The molecule has 1 N–H and O–H groups in total. The van der Waals surface area contributed by atoms with Gasteiger partial charge in [0.2, 0.25) is 0 Å². The zero-order valence-corrected chi connectivity index (χ0v) is 16.2. The lowest BCUT2D eigenvalue weighted by atomic mass is 9.74. The molecule has 0 saturated carbocycles. The molecule has 1 saturated heterocycles. The molecule has 2 aliphatic rings. The predicted octanol–water partition coefficient (Wildman–Crippen LogP) is 2.82. The summed E-state index contributed by atoms with van der Waals surface area (Å²) in [5.74, 6) is 0.342. The molecule has 28 heavy (non-hydrogen) atoms. The summed E-state index contributed by atoms with van der Waals surface area (Å²) in [7, 11) is 2.03. The van der Waals surface area contributed by atoms with Crippen LogP contribution in [0.1, 0.15) is 23.5 Å². The first-order chi connectivity index (χ1) is 13.6. The van der Waals surface area contributed by atoms with Crippen molar-refractivity contribution < 1.29 is 4.79 Å². The number of nitrogens with zero attached hydrogens (tertiary/aromatic N) is 5. The number of halogens is 1. The third-order valence-corrected chi connectivity index (χ3v) is 6.04. The molecule has 1 aromatic carbocycles. The van der Waals surface area contributed by atoms with Gasteiger partial charge in [-0.2, -0.15) is 5.01 Å². The Morgan fingerprint density at radius 2 is 2.21 bits per heavy atom. The molecule has 1 aliphatic heterocycles. The highest BCUT2D eigenvalue weighted by Crippen LogP contribution is 2.43. The van der Waals surface area contributed by atoms with Crippen LogP contribution in [0.4, 0.5) is 4.79 Å². The summed E-state index contributed by atoms with van der Waals surface area (Å²) < 4.78 is 1.39. The van der Waals surface area contributed by atoms with Gasteiger partial charge in [0.1, 0.15) is 0 Å². The number of amides is 2. The van der Waals surface area contributed by atoms with Crippen molar-refractivity contribution in [3.05, 3.63) is 45.3 Å². The number of nitrogens with one attached hydrogen (secondary N) is 1. The minimum absolute atomic E-state index is 0.0698. The van der Waals surface area contributed by atoms with E-state index < -0.39 is 6.03 Å². The quantitative estimate of drug-likeness (QED) is 0.470. The third-order valence-electron chi connectivity index (χ3n) is 5.87. The van der Waals surface area contributed by atoms with Gasteiger partial charge in [0.15, 0.2) is 0 Å². The Morgan fingerprint density at radius 1 is 1.39 bits per heavy atom. The Hall–Kier alpha value is -2.52. The first-order valence-corrected chi connectivity index (χ1v) is 9.74. The molecule has 2 aromatic rings. The van der Waals surface area contributed by atoms with Crippen molar-refractivity contribution in [2.24, 2.45) is 10.6 Å². The van der Waals surface area contributed by atoms with Gasteiger partial charge in [-0.3, -0.25) is 0 Å². The van der Waals surface area contributed by atoms with Gasteiger partial charge in [-0.1, -0.05) is 12.1 Å². The van der Waals surface area contributed by atoms with Crippen molar-refractivity contribution in [3.8, 4) is 0 Å². The third kappa shape index (κ3) is 3.04. The van der Waals surface area contributed by atoms with Gasteiger partial charge in [0.25, 0.3) is 0 Å². The lowest BCUT2D eigenvalue weighted by molar-refractivity contribution is 0.124. The number of likely N-dealkylation sites (tertiary alicyclic amines) is 1. The van der Waals surface area contributed by atoms with E-state index in [2.05, 4.69) is 26.9 Å². The van der Waals surface area contributed by atoms with Crippen molar-refractivity contribution in [2.45, 2.75) is 30.8 Å². The van der Waals surface area contributed by atoms with Crippen molar-refractivity contribution >= 4 is 28.5 Å². The maximum absolute atomic E-state index is 12.3. The number of hydrogen-bond donors (Lipinski definition) is 1. The first-order valence-electron chi connectivity index (χ1n) is 9.21. The Bertz CT molecular complexity index is 931. The highest BCUT2D eigenvalue weighted by atomic mass is 35.5. The molecular formula is C18H21ClN6O3. The summed E-state index contributed by atoms with van der Waals surface area (Å²) in [6.45, 7) is 0.735. The molecule has 3 atom stereocenters. The zero-order chi connectivity index (χ0) is 19.8. The number of carbonyl (C=O) groups is 1. The van der Waals surface area contributed by atoms with Crippen LogP contribution in [0.15, 0.2) is 35.0 Å². The monoisotopic (exact) mass is 404 g/mol. The van der Waals surface area contributed by atoms with Crippen LogP contribution in [0.3, 0.4) is 0 Å². The second kappa shape index (κ2) is 7.48. The van der Waals surface area contributed by atoms with Gasteiger partial charge in [-0.05, 0) is 37.1 Å². The Labute approximate surface area is 166 Å². The van der Waals surface area contributed by atoms with Crippen molar-refractivity contribution in [3.63, 3.8) is 0 Å². The van der Waals surface area contributed by atoms with Crippen LogP contribution in [0.5, 0.6) is 0 Å². The molecule has 0 radical (unpaired) electrons. The number of urea groups is 1. The number of aromatic nitrogens is 1. The van der Waals surface area contributed by atoms with E-state index in [1.807, 2.05) is 25.4 Å². The second-order valence-electron chi connectivity index (χ2n) is 7.42. The van der Waals surface area contributed by atoms with Crippen molar-refractivity contribution in [2.75, 3.05) is 26.0 Å². The van der Waals surface area contributed by atoms with Gasteiger partial charge >= 0.3 is 6.03 Å². The van der Waals surface area contributed by atoms with E-state index in [1.54, 1.807) is 0 Å². The number of fused-ring (bicyclic) bond motifs is 2. The molecule has 2 heterocycles. The molecule has 4 rings (SSSR count). The second-order valence-corrected chi connectivity index (χ2v) is 7.79. The summed E-state index contributed by atoms with van der Waals surface area (Å²) in [6, 6.07) is 5.54. The zero-order valence-electron chi connectivity index (χ0n) is 15.4. The molecule has 9 nitrogen and oxygen atoms in total. The molecule has 0 unspecified atom stereocenters. The van der Waals surface area contributed by atoms with Crippen LogP contribution >= 0.6 is 11.6 Å². The highest BCUT2D eigenvalue weighted by Gasteiger charge is 2.40. The standard InChI is InChI=1S/C18H21ClN6O3/c1-23-10-12(20-18(26)24(21-27)6-5-19)8-14-13-3-2-4-15-17(13)11(7-16(14)23)9-25(15)22-28/h2-4,9,12,14,16H,5-8,10H2,1H3,(H,20,26)/t12-,14+,16+/m1/s1. The van der Waals surface area contributed by atoms with Crippen LogP contribution in [0, 0.1) is 9.81 Å². The number of piperidine rings is 1. The smallest absolute Gasteiger partial charge is 0.332 e. The van der Waals surface area contributed by atoms with E-state index >= 15 is 0 Å². The van der Waals surface area contributed by atoms with Crippen LogP contribution < -0.4 is 5.32 Å². The first kappa shape index (κ1) is 18.8. The van der Waals surface area contributed by atoms with Gasteiger partial charge in [-0.25, -0.2) is 9.47 Å². The van der Waals surface area contributed by atoms with E-state index in [0.29, 0.717) is 6.54 Å². The number of rotatable bonds is 5. The van der Waals surface area contributed by atoms with Crippen LogP contribution in [0.2, 0.25) is 0 Å². The van der Waals surface area contributed by atoms with Crippen LogP contribution in [-0.2, 0) is 6.42 Å². The normalized spacial score (nSPS) is 23.9. The lowest BCUT2D eigenvalue weighted by Crippen LogP contribution is -2.56. The largest absolute Gasteiger partial charge is 0.340 e. The van der Waals surface area contributed by atoms with Gasteiger partial charge < -0.3 is 10.2 Å². The van der Waals surface area contributed by atoms with Crippen LogP contribution in [-0.4, -0.2) is 58.7 Å². The predicted molar refractivity (Wildman–Crippen MR) is 106 cm³/mol. The van der Waals surface area contributed by atoms with Crippen LogP contribution in [0.25, 0.3) is 10.9 Å². The maximum Gasteiger partial charge on any atom is 0.340 e. The number of alkyl halides is 1. The molecular weight excluding hydrogens is 384 g/mol. The fourth-order valence-electron chi connectivity index (χ4n) is 4.71. The summed E-state index contributed by atoms with van der Waals surface area (Å²) in [6.07, 6.45) is 3.39. The fraction of sp³-hybridized carbons (Fsp3) is 0.500. The average Bonchev–Trinajstić information content (AvgIpc) is 3.06. The topological polar surface area (TPSA) is 99.4 Å². The molecule has 148 valence electrons. The minimum Gasteiger partial charge on any atom is -0.332 e. The highest BCUT2D eigenvalue weighted by molar-refractivity contribution is 6.18. The van der Waals surface area contributed by atoms with Crippen molar-refractivity contribution in [1.82, 2.24) is 19.9 Å². The SMILES string of the molecule is CN1C[C@H](NC(=O)N(CCCl)N=O)C[C@H]2c3cccc4c3c(cn4N=O)C[C@@H]21. The molecule has 1 fully saturated rings. The fourth-order valence-corrected chi connectivity index (χ4v) is 4.87. The maximum atomic E-state index is 12.3. The Balaban J connectivity index is 1.62. The summed E-state index contributed by atoms with van der Waals surface area (Å²) in [5, 5.41) is 10.7. The Morgan fingerprint density at radius 3 is 2.93 bits per heavy atom. The summed E-state index contributed by atoms with van der Waals surface area (Å²) >= 11 is 5.62. The molecule has 10 heteroatoms. The van der Waals surface area contributed by atoms with E-state index in [1.165, 1.54) is 10.2 Å². The van der Waals surface area contributed by atoms with E-state index in [0.717, 1.165) is 34.3 Å². The molecule has 1 aliphatic carbocycles. The van der Waals surface area contributed by atoms with E-state index in [-0.39, 0.29) is 30.4 Å². The molecule has 1 aromatic heterocycles. The average molecular weight is 405 g/mol. The van der Waals surface area contributed by atoms with Gasteiger partial charge in [0, 0.05) is 42.0 Å². The summed E-state index contributed by atoms with van der Waals surface area (Å²) in [4.78, 5) is 36.6. The van der Waals surface area contributed by atoms with Crippen molar-refractivity contribution in [1.29, 1.82) is 0 Å². The Kier molecular flexibility index (Phi) is 5.03. The van der Waals surface area contributed by atoms with E-state index in [9.17, 15) is 14.6 Å². The van der Waals surface area contributed by atoms with E-state index in [4.69, 9.17) is 11.6 Å². The molecule has 0 spiro atoms. The number of carbonyl (C=O) groups excluding carboxylic acids is 1. The van der Waals surface area contributed by atoms with Gasteiger partial charge in [0.05, 0.1) is 22.6 Å². The molecule has 0 bridgehead atoms. The number of likely N-dealkylation sites (N-methyl/N-ethyl adjacent to an activating group) is 1. The minimum atomic E-state index is -0.529. The number of benzene rings is 1.